The van der Waals surface area contributed by atoms with E-state index in [2.05, 4.69) is 32.6 Å². The van der Waals surface area contributed by atoms with E-state index in [1.807, 2.05) is 12.1 Å². The first-order valence-electron chi connectivity index (χ1n) is 7.14. The number of rotatable bonds is 9. The van der Waals surface area contributed by atoms with Crippen molar-refractivity contribution in [2.45, 2.75) is 52.4 Å². The smallest absolute Gasteiger partial charge is 0.129 e. The van der Waals surface area contributed by atoms with E-state index in [0.29, 0.717) is 0 Å². The molecule has 0 aliphatic carbocycles. The van der Waals surface area contributed by atoms with Gasteiger partial charge in [0.15, 0.2) is 0 Å². The van der Waals surface area contributed by atoms with E-state index in [1.54, 1.807) is 0 Å². The Kier molecular flexibility index (Phi) is 7.24. The van der Waals surface area contributed by atoms with Gasteiger partial charge in [-0.1, -0.05) is 69.9 Å². The van der Waals surface area contributed by atoms with Gasteiger partial charge in [-0.3, -0.25) is 0 Å². The Morgan fingerprint density at radius 3 is 2.56 bits per heavy atom. The molecule has 0 bridgehead atoms. The van der Waals surface area contributed by atoms with Crippen molar-refractivity contribution in [1.29, 1.82) is 0 Å². The average molecular weight is 246 g/mol. The molecule has 1 nitrogen and oxygen atoms in total. The minimum Gasteiger partial charge on any atom is -0.493 e. The lowest BCUT2D eigenvalue weighted by molar-refractivity contribution is 0.302. The molecule has 0 spiro atoms. The predicted molar refractivity (Wildman–Crippen MR) is 80.1 cm³/mol. The van der Waals surface area contributed by atoms with E-state index in [4.69, 9.17) is 4.74 Å². The summed E-state index contributed by atoms with van der Waals surface area (Å²) in [7, 11) is 0. The first kappa shape index (κ1) is 14.8. The molecule has 1 aromatic carbocycles. The average Bonchev–Trinajstić information content (AvgIpc) is 2.39. The van der Waals surface area contributed by atoms with E-state index < -0.39 is 0 Å². The second kappa shape index (κ2) is 8.79. The Morgan fingerprint density at radius 2 is 1.83 bits per heavy atom. The van der Waals surface area contributed by atoms with Crippen LogP contribution in [0.3, 0.4) is 0 Å². The highest BCUT2D eigenvalue weighted by molar-refractivity contribution is 5.58. The van der Waals surface area contributed by atoms with Gasteiger partial charge in [0, 0.05) is 5.56 Å². The van der Waals surface area contributed by atoms with Crippen molar-refractivity contribution in [3.8, 4) is 5.75 Å². The highest BCUT2D eigenvalue weighted by Gasteiger charge is 2.03. The fraction of sp³-hybridized carbons (Fsp3) is 0.529. The van der Waals surface area contributed by atoms with Crippen molar-refractivity contribution in [3.63, 3.8) is 0 Å². The molecule has 0 saturated heterocycles. The molecule has 0 atom stereocenters. The van der Waals surface area contributed by atoms with Crippen LogP contribution in [0.4, 0.5) is 0 Å². The van der Waals surface area contributed by atoms with E-state index in [9.17, 15) is 0 Å². The molecule has 0 unspecified atom stereocenters. The summed E-state index contributed by atoms with van der Waals surface area (Å²) in [5.74, 6) is 1.00. The molecule has 0 heterocycles. The summed E-state index contributed by atoms with van der Waals surface area (Å²) in [4.78, 5) is 0. The lowest BCUT2D eigenvalue weighted by atomic mass is 10.1. The minimum absolute atomic E-state index is 0.817. The molecule has 0 N–H and O–H groups in total. The normalized spacial score (nSPS) is 10.3. The van der Waals surface area contributed by atoms with Gasteiger partial charge in [0.1, 0.15) is 5.75 Å². The van der Waals surface area contributed by atoms with Crippen LogP contribution in [-0.4, -0.2) is 6.61 Å². The zero-order valence-corrected chi connectivity index (χ0v) is 11.9. The molecular formula is C17H26O. The van der Waals surface area contributed by atoms with Gasteiger partial charge in [-0.05, 0) is 18.9 Å². The Morgan fingerprint density at radius 1 is 1.11 bits per heavy atom. The highest BCUT2D eigenvalue weighted by Crippen LogP contribution is 2.24. The summed E-state index contributed by atoms with van der Waals surface area (Å²) in [5, 5.41) is 0. The maximum Gasteiger partial charge on any atom is 0.129 e. The van der Waals surface area contributed by atoms with Crippen LogP contribution in [0.2, 0.25) is 0 Å². The predicted octanol–water partition coefficient (Wildman–Crippen LogP) is 5.38. The fourth-order valence-corrected chi connectivity index (χ4v) is 2.09. The molecule has 18 heavy (non-hydrogen) atoms. The molecule has 100 valence electrons. The zero-order chi connectivity index (χ0) is 13.2. The molecule has 1 aromatic rings. The topological polar surface area (TPSA) is 9.23 Å². The van der Waals surface area contributed by atoms with E-state index in [-0.39, 0.29) is 0 Å². The van der Waals surface area contributed by atoms with Crippen molar-refractivity contribution >= 4 is 6.08 Å². The molecule has 0 fully saturated rings. The lowest BCUT2D eigenvalue weighted by Crippen LogP contribution is -2.00. The molecule has 0 radical (unpaired) electrons. The van der Waals surface area contributed by atoms with Crippen molar-refractivity contribution in [3.05, 3.63) is 35.9 Å². The van der Waals surface area contributed by atoms with Crippen molar-refractivity contribution in [2.75, 3.05) is 6.61 Å². The second-order valence-electron chi connectivity index (χ2n) is 4.81. The maximum atomic E-state index is 5.89. The molecule has 1 rings (SSSR count). The van der Waals surface area contributed by atoms with Crippen LogP contribution in [0.1, 0.15) is 56.6 Å². The summed E-state index contributed by atoms with van der Waals surface area (Å²) in [5.41, 5.74) is 2.29. The highest BCUT2D eigenvalue weighted by atomic mass is 16.5. The van der Waals surface area contributed by atoms with E-state index in [1.165, 1.54) is 37.7 Å². The number of ether oxygens (including phenoxy) is 1. The quantitative estimate of drug-likeness (QED) is 0.532. The van der Waals surface area contributed by atoms with Gasteiger partial charge in [0.2, 0.25) is 0 Å². The van der Waals surface area contributed by atoms with Gasteiger partial charge in [-0.25, -0.2) is 0 Å². The summed E-state index contributed by atoms with van der Waals surface area (Å²) in [6.07, 6.45) is 9.65. The largest absolute Gasteiger partial charge is 0.493 e. The van der Waals surface area contributed by atoms with Crippen LogP contribution < -0.4 is 4.74 Å². The van der Waals surface area contributed by atoms with Crippen LogP contribution >= 0.6 is 0 Å². The first-order valence-corrected chi connectivity index (χ1v) is 7.14. The van der Waals surface area contributed by atoms with E-state index >= 15 is 0 Å². The van der Waals surface area contributed by atoms with Crippen LogP contribution in [0, 0.1) is 6.92 Å². The fourth-order valence-electron chi connectivity index (χ4n) is 2.09. The second-order valence-corrected chi connectivity index (χ2v) is 4.81. The lowest BCUT2D eigenvalue weighted by Gasteiger charge is -2.12. The van der Waals surface area contributed by atoms with Gasteiger partial charge in [-0.15, -0.1) is 0 Å². The zero-order valence-electron chi connectivity index (χ0n) is 11.9. The Hall–Kier alpha value is -1.24. The van der Waals surface area contributed by atoms with Gasteiger partial charge < -0.3 is 4.74 Å². The van der Waals surface area contributed by atoms with Crippen molar-refractivity contribution in [1.82, 2.24) is 0 Å². The monoisotopic (exact) mass is 246 g/mol. The number of hydrogen-bond donors (Lipinski definition) is 0. The SMILES string of the molecule is C=Cc1cccc(C)c1OCCCCCCCC. The Labute approximate surface area is 112 Å². The summed E-state index contributed by atoms with van der Waals surface area (Å²) >= 11 is 0. The molecule has 0 amide bonds. The number of hydrogen-bond acceptors (Lipinski definition) is 1. The number of benzene rings is 1. The van der Waals surface area contributed by atoms with Crippen molar-refractivity contribution < 1.29 is 4.74 Å². The number of aryl methyl sites for hydroxylation is 1. The van der Waals surface area contributed by atoms with Gasteiger partial charge in [-0.2, -0.15) is 0 Å². The van der Waals surface area contributed by atoms with Crippen LogP contribution in [-0.2, 0) is 0 Å². The molecule has 1 heteroatoms. The van der Waals surface area contributed by atoms with E-state index in [0.717, 1.165) is 24.3 Å². The molecular weight excluding hydrogens is 220 g/mol. The van der Waals surface area contributed by atoms with Gasteiger partial charge >= 0.3 is 0 Å². The van der Waals surface area contributed by atoms with Crippen molar-refractivity contribution in [2.24, 2.45) is 0 Å². The van der Waals surface area contributed by atoms with Crippen LogP contribution in [0.25, 0.3) is 6.08 Å². The first-order chi connectivity index (χ1) is 8.79. The third-order valence-electron chi connectivity index (χ3n) is 3.21. The molecule has 0 aliphatic rings. The van der Waals surface area contributed by atoms with Crippen LogP contribution in [0.15, 0.2) is 24.8 Å². The third kappa shape index (κ3) is 4.95. The maximum absolute atomic E-state index is 5.89. The Balaban J connectivity index is 2.29. The standard InChI is InChI=1S/C17H26O/c1-4-6-7-8-9-10-14-18-17-15(3)12-11-13-16(17)5-2/h5,11-13H,2,4,6-10,14H2,1,3H3. The summed E-state index contributed by atoms with van der Waals surface area (Å²) in [6, 6.07) is 6.18. The summed E-state index contributed by atoms with van der Waals surface area (Å²) < 4.78 is 5.89. The number of unbranched alkanes of at least 4 members (excludes halogenated alkanes) is 5. The van der Waals surface area contributed by atoms with Gasteiger partial charge in [0.25, 0.3) is 0 Å². The molecule has 0 saturated carbocycles. The number of para-hydroxylation sites is 1. The molecule has 0 aliphatic heterocycles. The Bertz CT molecular complexity index is 355. The van der Waals surface area contributed by atoms with Gasteiger partial charge in [0.05, 0.1) is 6.61 Å². The minimum atomic E-state index is 0.817. The van der Waals surface area contributed by atoms with Crippen LogP contribution in [0.5, 0.6) is 5.75 Å². The molecule has 0 aromatic heterocycles. The summed E-state index contributed by atoms with van der Waals surface area (Å²) in [6.45, 7) is 8.98. The third-order valence-corrected chi connectivity index (χ3v) is 3.21.